The van der Waals surface area contributed by atoms with Gasteiger partial charge in [-0.25, -0.2) is 13.1 Å². The molecule has 1 aliphatic rings. The topological polar surface area (TPSA) is 46.2 Å². The van der Waals surface area contributed by atoms with Crippen LogP contribution >= 0.6 is 0 Å². The van der Waals surface area contributed by atoms with Gasteiger partial charge in [0.05, 0.1) is 5.75 Å². The van der Waals surface area contributed by atoms with E-state index < -0.39 is 10.0 Å². The minimum atomic E-state index is -2.92. The van der Waals surface area contributed by atoms with E-state index in [-0.39, 0.29) is 0 Å². The number of hydrogen-bond donors (Lipinski definition) is 1. The minimum Gasteiger partial charge on any atom is -0.215 e. The first-order valence-electron chi connectivity index (χ1n) is 4.18. The van der Waals surface area contributed by atoms with Crippen molar-refractivity contribution >= 4 is 10.0 Å². The Morgan fingerprint density at radius 2 is 1.55 bits per heavy atom. The third-order valence-corrected chi connectivity index (χ3v) is 3.38. The van der Waals surface area contributed by atoms with Crippen LogP contribution in [-0.4, -0.2) is 20.7 Å². The zero-order valence-electron chi connectivity index (χ0n) is 6.67. The highest BCUT2D eigenvalue weighted by Gasteiger charge is 2.09. The molecule has 0 radical (unpaired) electrons. The lowest BCUT2D eigenvalue weighted by molar-refractivity contribution is 0.579. The molecule has 1 aliphatic heterocycles. The van der Waals surface area contributed by atoms with Crippen molar-refractivity contribution in [3.05, 3.63) is 0 Å². The summed E-state index contributed by atoms with van der Waals surface area (Å²) in [4.78, 5) is 0. The van der Waals surface area contributed by atoms with E-state index in [9.17, 15) is 8.42 Å². The summed E-state index contributed by atoms with van der Waals surface area (Å²) >= 11 is 0. The van der Waals surface area contributed by atoms with E-state index in [1.807, 2.05) is 0 Å². The molecule has 0 atom stereocenters. The summed E-state index contributed by atoms with van der Waals surface area (Å²) in [5, 5.41) is 0. The van der Waals surface area contributed by atoms with Crippen LogP contribution in [0.15, 0.2) is 0 Å². The number of hydrogen-bond acceptors (Lipinski definition) is 2. The predicted molar refractivity (Wildman–Crippen MR) is 44.9 cm³/mol. The van der Waals surface area contributed by atoms with Gasteiger partial charge in [-0.05, 0) is 12.8 Å². The Morgan fingerprint density at radius 3 is 2.36 bits per heavy atom. The van der Waals surface area contributed by atoms with Gasteiger partial charge in [-0.2, -0.15) is 0 Å². The largest absolute Gasteiger partial charge is 0.215 e. The lowest BCUT2D eigenvalue weighted by atomic mass is 10.2. The smallest absolute Gasteiger partial charge is 0.211 e. The van der Waals surface area contributed by atoms with Crippen molar-refractivity contribution in [1.82, 2.24) is 4.72 Å². The van der Waals surface area contributed by atoms with Crippen LogP contribution in [0, 0.1) is 0 Å². The standard InChI is InChI=1S/C7H15NO2S/c9-11(10)7-5-3-1-2-4-6-8-11/h8H,1-7H2. The highest BCUT2D eigenvalue weighted by Crippen LogP contribution is 2.06. The molecule has 1 heterocycles. The van der Waals surface area contributed by atoms with Crippen molar-refractivity contribution in [2.45, 2.75) is 32.1 Å². The van der Waals surface area contributed by atoms with Gasteiger partial charge < -0.3 is 0 Å². The Morgan fingerprint density at radius 1 is 0.909 bits per heavy atom. The molecular formula is C7H15NO2S. The molecule has 1 fully saturated rings. The molecule has 0 saturated carbocycles. The first kappa shape index (κ1) is 9.00. The average molecular weight is 177 g/mol. The first-order valence-corrected chi connectivity index (χ1v) is 5.83. The SMILES string of the molecule is O=S1(=O)CCCCCCCN1. The van der Waals surface area contributed by atoms with Crippen LogP contribution in [0.5, 0.6) is 0 Å². The van der Waals surface area contributed by atoms with E-state index in [2.05, 4.69) is 4.72 Å². The van der Waals surface area contributed by atoms with Crippen LogP contribution < -0.4 is 4.72 Å². The Kier molecular flexibility index (Phi) is 3.33. The second kappa shape index (κ2) is 4.07. The zero-order chi connectivity index (χ0) is 8.16. The van der Waals surface area contributed by atoms with Gasteiger partial charge in [0.1, 0.15) is 0 Å². The fourth-order valence-corrected chi connectivity index (χ4v) is 2.43. The maximum Gasteiger partial charge on any atom is 0.211 e. The normalized spacial score (nSPS) is 26.5. The van der Waals surface area contributed by atoms with Gasteiger partial charge in [0, 0.05) is 6.54 Å². The highest BCUT2D eigenvalue weighted by molar-refractivity contribution is 7.89. The Bertz CT molecular complexity index is 182. The van der Waals surface area contributed by atoms with E-state index in [1.165, 1.54) is 6.42 Å². The van der Waals surface area contributed by atoms with Gasteiger partial charge in [-0.3, -0.25) is 0 Å². The van der Waals surface area contributed by atoms with E-state index in [0.29, 0.717) is 12.3 Å². The lowest BCUT2D eigenvalue weighted by Gasteiger charge is -2.01. The molecule has 4 heteroatoms. The molecule has 1 rings (SSSR count). The fourth-order valence-electron chi connectivity index (χ4n) is 1.25. The van der Waals surface area contributed by atoms with Crippen LogP contribution in [0.3, 0.4) is 0 Å². The fraction of sp³-hybridized carbons (Fsp3) is 1.00. The number of sulfonamides is 1. The highest BCUT2D eigenvalue weighted by atomic mass is 32.2. The summed E-state index contributed by atoms with van der Waals surface area (Å²) in [7, 11) is -2.92. The monoisotopic (exact) mass is 177 g/mol. The molecule has 0 aromatic carbocycles. The molecule has 3 nitrogen and oxygen atoms in total. The van der Waals surface area contributed by atoms with Gasteiger partial charge in [0.15, 0.2) is 0 Å². The summed E-state index contributed by atoms with van der Waals surface area (Å²) < 4.78 is 24.7. The minimum absolute atomic E-state index is 0.312. The van der Waals surface area contributed by atoms with Gasteiger partial charge in [-0.1, -0.05) is 19.3 Å². The Labute approximate surface area is 68.2 Å². The summed E-state index contributed by atoms with van der Waals surface area (Å²) in [6, 6.07) is 0. The number of nitrogens with one attached hydrogen (secondary N) is 1. The van der Waals surface area contributed by atoms with Crippen molar-refractivity contribution in [3.63, 3.8) is 0 Å². The predicted octanol–water partition coefficient (Wildman–Crippen LogP) is 0.870. The molecule has 1 N–H and O–H groups in total. The number of rotatable bonds is 0. The lowest BCUT2D eigenvalue weighted by Crippen LogP contribution is -2.26. The molecule has 66 valence electrons. The van der Waals surface area contributed by atoms with Crippen LogP contribution in [-0.2, 0) is 10.0 Å². The Balaban J connectivity index is 2.44. The second-order valence-electron chi connectivity index (χ2n) is 2.98. The van der Waals surface area contributed by atoms with Crippen LogP contribution in [0.2, 0.25) is 0 Å². The van der Waals surface area contributed by atoms with Crippen molar-refractivity contribution in [2.24, 2.45) is 0 Å². The summed E-state index contributed by atoms with van der Waals surface area (Å²) in [6.07, 6.45) is 5.19. The van der Waals surface area contributed by atoms with E-state index in [4.69, 9.17) is 0 Å². The van der Waals surface area contributed by atoms with Crippen LogP contribution in [0.25, 0.3) is 0 Å². The van der Waals surface area contributed by atoms with Gasteiger partial charge in [0.25, 0.3) is 0 Å². The summed E-state index contributed by atoms with van der Waals surface area (Å²) in [5.41, 5.74) is 0. The quantitative estimate of drug-likeness (QED) is 0.597. The molecule has 0 unspecified atom stereocenters. The maximum atomic E-state index is 11.1. The molecule has 0 aromatic heterocycles. The molecule has 0 bridgehead atoms. The van der Waals surface area contributed by atoms with E-state index in [0.717, 1.165) is 25.7 Å². The van der Waals surface area contributed by atoms with Crippen molar-refractivity contribution in [1.29, 1.82) is 0 Å². The van der Waals surface area contributed by atoms with Crippen LogP contribution in [0.4, 0.5) is 0 Å². The summed E-state index contributed by atoms with van der Waals surface area (Å²) in [6.45, 7) is 0.627. The summed E-state index contributed by atoms with van der Waals surface area (Å²) in [5.74, 6) is 0.312. The molecule has 0 spiro atoms. The van der Waals surface area contributed by atoms with Crippen molar-refractivity contribution < 1.29 is 8.42 Å². The van der Waals surface area contributed by atoms with Crippen molar-refractivity contribution in [2.75, 3.05) is 12.3 Å². The second-order valence-corrected chi connectivity index (χ2v) is 4.91. The third kappa shape index (κ3) is 3.72. The zero-order valence-corrected chi connectivity index (χ0v) is 7.49. The van der Waals surface area contributed by atoms with Gasteiger partial charge >= 0.3 is 0 Å². The third-order valence-electron chi connectivity index (χ3n) is 1.91. The van der Waals surface area contributed by atoms with E-state index in [1.54, 1.807) is 0 Å². The molecule has 1 saturated heterocycles. The Hall–Kier alpha value is -0.0900. The van der Waals surface area contributed by atoms with E-state index >= 15 is 0 Å². The molecular weight excluding hydrogens is 162 g/mol. The van der Waals surface area contributed by atoms with Gasteiger partial charge in [0.2, 0.25) is 10.0 Å². The first-order chi connectivity index (χ1) is 5.21. The molecule has 0 aromatic rings. The molecule has 0 aliphatic carbocycles. The van der Waals surface area contributed by atoms with Crippen molar-refractivity contribution in [3.8, 4) is 0 Å². The van der Waals surface area contributed by atoms with Gasteiger partial charge in [-0.15, -0.1) is 0 Å². The average Bonchev–Trinajstić information content (AvgIpc) is 2.00. The van der Waals surface area contributed by atoms with Crippen LogP contribution in [0.1, 0.15) is 32.1 Å². The molecule has 11 heavy (non-hydrogen) atoms. The molecule has 0 amide bonds. The maximum absolute atomic E-state index is 11.1.